The smallest absolute Gasteiger partial charge is 0.337 e. The van der Waals surface area contributed by atoms with Crippen molar-refractivity contribution in [3.05, 3.63) is 77.9 Å². The second kappa shape index (κ2) is 11.0. The lowest BCUT2D eigenvalue weighted by Gasteiger charge is -2.33. The van der Waals surface area contributed by atoms with E-state index in [1.54, 1.807) is 6.07 Å². The molecule has 0 aliphatic carbocycles. The molecule has 9 heteroatoms. The van der Waals surface area contributed by atoms with E-state index in [2.05, 4.69) is 19.2 Å². The Hall–Kier alpha value is -3.69. The highest BCUT2D eigenvalue weighted by Gasteiger charge is 2.26. The molecule has 1 atom stereocenters. The van der Waals surface area contributed by atoms with E-state index >= 15 is 0 Å². The number of fused-ring (bicyclic) bond motifs is 1. The Bertz CT molecular complexity index is 1390. The van der Waals surface area contributed by atoms with Gasteiger partial charge < -0.3 is 18.8 Å². The molecular formula is C29H33N5O4. The lowest BCUT2D eigenvalue weighted by Crippen LogP contribution is -2.36. The molecule has 0 amide bonds. The average molecular weight is 516 g/mol. The van der Waals surface area contributed by atoms with Crippen molar-refractivity contribution in [1.82, 2.24) is 24.2 Å². The van der Waals surface area contributed by atoms with E-state index in [1.165, 1.54) is 7.11 Å². The van der Waals surface area contributed by atoms with Crippen molar-refractivity contribution in [2.45, 2.75) is 51.1 Å². The Labute approximate surface area is 221 Å². The third-order valence-electron chi connectivity index (χ3n) is 7.58. The minimum absolute atomic E-state index is 0.190. The van der Waals surface area contributed by atoms with Crippen molar-refractivity contribution in [3.8, 4) is 5.75 Å². The molecule has 2 aliphatic rings. The minimum atomic E-state index is -0.338. The topological polar surface area (TPSA) is 83.6 Å². The van der Waals surface area contributed by atoms with Gasteiger partial charge in [-0.1, -0.05) is 18.2 Å². The van der Waals surface area contributed by atoms with E-state index in [1.807, 2.05) is 54.7 Å². The van der Waals surface area contributed by atoms with Gasteiger partial charge in [-0.2, -0.15) is 5.10 Å². The van der Waals surface area contributed by atoms with Crippen LogP contribution in [-0.2, 0) is 29.2 Å². The third kappa shape index (κ3) is 5.16. The molecular weight excluding hydrogens is 482 g/mol. The van der Waals surface area contributed by atoms with Gasteiger partial charge in [-0.15, -0.1) is 0 Å². The highest BCUT2D eigenvalue weighted by atomic mass is 16.5. The molecule has 198 valence electrons. The monoisotopic (exact) mass is 515 g/mol. The lowest BCUT2D eigenvalue weighted by atomic mass is 10.0. The van der Waals surface area contributed by atoms with Crippen molar-refractivity contribution in [2.24, 2.45) is 0 Å². The van der Waals surface area contributed by atoms with Crippen molar-refractivity contribution in [3.63, 3.8) is 0 Å². The minimum Gasteiger partial charge on any atom is -0.487 e. The van der Waals surface area contributed by atoms with Crippen LogP contribution in [0.3, 0.4) is 0 Å². The Morgan fingerprint density at radius 1 is 1.08 bits per heavy atom. The standard InChI is InChI=1S/C29H33N5O4/c1-36-29(35)21-7-8-26-27(17-21)33(18-25-12-16-37-25)28(31-26)19-32-14-10-22(11-15-32)34-23(9-13-30-34)20-38-24-5-3-2-4-6-24/h2-9,13,17,22,25H,10-12,14-16,18-20H2,1H3/t25-/m0/s1. The number of likely N-dealkylation sites (tertiary alicyclic amines) is 1. The number of nitrogens with zero attached hydrogens (tertiary/aromatic N) is 5. The highest BCUT2D eigenvalue weighted by molar-refractivity contribution is 5.93. The van der Waals surface area contributed by atoms with Gasteiger partial charge in [0, 0.05) is 25.9 Å². The summed E-state index contributed by atoms with van der Waals surface area (Å²) in [4.78, 5) is 19.6. The van der Waals surface area contributed by atoms with Crippen LogP contribution in [0, 0.1) is 0 Å². The summed E-state index contributed by atoms with van der Waals surface area (Å²) in [5, 5.41) is 4.63. The van der Waals surface area contributed by atoms with Gasteiger partial charge in [0.25, 0.3) is 0 Å². The first-order valence-electron chi connectivity index (χ1n) is 13.3. The number of aromatic nitrogens is 4. The SMILES string of the molecule is COC(=O)c1ccc2nc(CN3CCC(n4nccc4COc4ccccc4)CC3)n(C[C@@H]3CCO3)c2c1. The molecule has 2 fully saturated rings. The van der Waals surface area contributed by atoms with Crippen LogP contribution in [0.15, 0.2) is 60.8 Å². The van der Waals surface area contributed by atoms with Crippen LogP contribution in [0.5, 0.6) is 5.75 Å². The molecule has 0 bridgehead atoms. The second-order valence-electron chi connectivity index (χ2n) is 9.99. The summed E-state index contributed by atoms with van der Waals surface area (Å²) in [7, 11) is 1.41. The molecule has 2 saturated heterocycles. The number of methoxy groups -OCH3 is 1. The van der Waals surface area contributed by atoms with Crippen LogP contribution in [-0.4, -0.2) is 63.1 Å². The summed E-state index contributed by atoms with van der Waals surface area (Å²) in [6, 6.07) is 17.9. The zero-order valence-electron chi connectivity index (χ0n) is 21.7. The number of rotatable bonds is 9. The van der Waals surface area contributed by atoms with Gasteiger partial charge in [-0.05, 0) is 55.7 Å². The summed E-state index contributed by atoms with van der Waals surface area (Å²) >= 11 is 0. The maximum absolute atomic E-state index is 12.1. The summed E-state index contributed by atoms with van der Waals surface area (Å²) in [6.45, 7) is 4.72. The van der Waals surface area contributed by atoms with Crippen LogP contribution in [0.2, 0.25) is 0 Å². The quantitative estimate of drug-likeness (QED) is 0.309. The summed E-state index contributed by atoms with van der Waals surface area (Å²) < 4.78 is 21.0. The zero-order valence-corrected chi connectivity index (χ0v) is 21.7. The number of hydrogen-bond donors (Lipinski definition) is 0. The van der Waals surface area contributed by atoms with Gasteiger partial charge >= 0.3 is 5.97 Å². The number of carbonyl (C=O) groups excluding carboxylic acids is 1. The van der Waals surface area contributed by atoms with Gasteiger partial charge in [-0.3, -0.25) is 9.58 Å². The molecule has 9 nitrogen and oxygen atoms in total. The first kappa shape index (κ1) is 24.6. The zero-order chi connectivity index (χ0) is 25.9. The molecule has 2 aromatic heterocycles. The van der Waals surface area contributed by atoms with Crippen molar-refractivity contribution < 1.29 is 19.0 Å². The average Bonchev–Trinajstić information content (AvgIpc) is 3.54. The van der Waals surface area contributed by atoms with Gasteiger partial charge in [0.1, 0.15) is 18.2 Å². The molecule has 4 heterocycles. The van der Waals surface area contributed by atoms with Crippen molar-refractivity contribution >= 4 is 17.0 Å². The van der Waals surface area contributed by atoms with E-state index in [0.717, 1.165) is 80.3 Å². The molecule has 0 unspecified atom stereocenters. The molecule has 4 aromatic rings. The first-order valence-corrected chi connectivity index (χ1v) is 13.3. The number of benzene rings is 2. The lowest BCUT2D eigenvalue weighted by molar-refractivity contribution is -0.0592. The predicted octanol–water partition coefficient (Wildman–Crippen LogP) is 4.22. The molecule has 6 rings (SSSR count). The summed E-state index contributed by atoms with van der Waals surface area (Å²) in [5.41, 5.74) is 3.47. The number of carbonyl (C=O) groups is 1. The molecule has 0 radical (unpaired) electrons. The number of hydrogen-bond acceptors (Lipinski definition) is 7. The van der Waals surface area contributed by atoms with Gasteiger partial charge in [0.15, 0.2) is 0 Å². The molecule has 0 spiro atoms. The van der Waals surface area contributed by atoms with E-state index < -0.39 is 0 Å². The fraction of sp³-hybridized carbons (Fsp3) is 0.414. The number of piperidine rings is 1. The van der Waals surface area contributed by atoms with E-state index in [-0.39, 0.29) is 12.1 Å². The molecule has 2 aliphatic heterocycles. The van der Waals surface area contributed by atoms with Crippen molar-refractivity contribution in [2.75, 3.05) is 26.8 Å². The number of imidazole rings is 1. The Morgan fingerprint density at radius 2 is 1.89 bits per heavy atom. The van der Waals surface area contributed by atoms with Crippen LogP contribution < -0.4 is 4.74 Å². The number of para-hydroxylation sites is 1. The fourth-order valence-corrected chi connectivity index (χ4v) is 5.35. The maximum atomic E-state index is 12.1. The van der Waals surface area contributed by atoms with Gasteiger partial charge in [0.05, 0.1) is 54.6 Å². The van der Waals surface area contributed by atoms with E-state index in [9.17, 15) is 4.79 Å². The van der Waals surface area contributed by atoms with Crippen LogP contribution in [0.25, 0.3) is 11.0 Å². The van der Waals surface area contributed by atoms with Crippen LogP contribution in [0.4, 0.5) is 0 Å². The van der Waals surface area contributed by atoms with Gasteiger partial charge in [0.2, 0.25) is 0 Å². The number of ether oxygens (including phenoxy) is 3. The maximum Gasteiger partial charge on any atom is 0.337 e. The second-order valence-corrected chi connectivity index (χ2v) is 9.99. The normalized spacial score (nSPS) is 18.4. The van der Waals surface area contributed by atoms with Crippen LogP contribution in [0.1, 0.15) is 47.2 Å². The third-order valence-corrected chi connectivity index (χ3v) is 7.58. The fourth-order valence-electron chi connectivity index (χ4n) is 5.35. The Morgan fingerprint density at radius 3 is 2.63 bits per heavy atom. The predicted molar refractivity (Wildman–Crippen MR) is 142 cm³/mol. The van der Waals surface area contributed by atoms with Crippen molar-refractivity contribution in [1.29, 1.82) is 0 Å². The number of esters is 1. The molecule has 0 N–H and O–H groups in total. The van der Waals surface area contributed by atoms with E-state index in [0.29, 0.717) is 18.2 Å². The summed E-state index contributed by atoms with van der Waals surface area (Å²) in [6.07, 6.45) is 5.12. The molecule has 2 aromatic carbocycles. The Kier molecular flexibility index (Phi) is 7.11. The molecule has 0 saturated carbocycles. The Balaban J connectivity index is 1.13. The largest absolute Gasteiger partial charge is 0.487 e. The summed E-state index contributed by atoms with van der Waals surface area (Å²) in [5.74, 6) is 1.53. The van der Waals surface area contributed by atoms with Gasteiger partial charge in [-0.25, -0.2) is 9.78 Å². The van der Waals surface area contributed by atoms with E-state index in [4.69, 9.17) is 19.2 Å². The highest BCUT2D eigenvalue weighted by Crippen LogP contribution is 2.27. The van der Waals surface area contributed by atoms with Crippen LogP contribution >= 0.6 is 0 Å². The molecule has 38 heavy (non-hydrogen) atoms. The first-order chi connectivity index (χ1) is 18.7.